The summed E-state index contributed by atoms with van der Waals surface area (Å²) in [6.45, 7) is 3.61. The monoisotopic (exact) mass is 486 g/mol. The maximum absolute atomic E-state index is 12.9. The molecule has 0 bridgehead atoms. The normalized spacial score (nSPS) is 18.9. The van der Waals surface area contributed by atoms with E-state index in [2.05, 4.69) is 10.6 Å². The summed E-state index contributed by atoms with van der Waals surface area (Å²) in [5.74, 6) is -6.10. The van der Waals surface area contributed by atoms with Crippen molar-refractivity contribution in [2.45, 2.75) is 83.0 Å². The number of carbonyl (C=O) groups excluding carboxylic acids is 3. The van der Waals surface area contributed by atoms with Gasteiger partial charge in [-0.2, -0.15) is 0 Å². The molecule has 0 aromatic carbocycles. The Morgan fingerprint density at radius 2 is 1.59 bits per heavy atom. The van der Waals surface area contributed by atoms with Gasteiger partial charge in [0.1, 0.15) is 18.1 Å². The van der Waals surface area contributed by atoms with Gasteiger partial charge in [0.2, 0.25) is 17.7 Å². The fourth-order valence-electron chi connectivity index (χ4n) is 3.66. The topological polar surface area (TPSA) is 216 Å². The van der Waals surface area contributed by atoms with Crippen molar-refractivity contribution < 1.29 is 44.1 Å². The third-order valence-corrected chi connectivity index (χ3v) is 5.88. The number of nitrogens with one attached hydrogen (secondary N) is 2. The highest BCUT2D eigenvalue weighted by Crippen LogP contribution is 2.20. The summed E-state index contributed by atoms with van der Waals surface area (Å²) < 4.78 is 0. The van der Waals surface area contributed by atoms with Crippen LogP contribution in [-0.2, 0) is 28.8 Å². The Labute approximate surface area is 197 Å². The molecule has 0 radical (unpaired) electrons. The third-order valence-electron chi connectivity index (χ3n) is 5.88. The molecule has 1 aliphatic rings. The van der Waals surface area contributed by atoms with Gasteiger partial charge in [-0.05, 0) is 31.6 Å². The van der Waals surface area contributed by atoms with Crippen molar-refractivity contribution in [3.05, 3.63) is 0 Å². The van der Waals surface area contributed by atoms with Crippen molar-refractivity contribution in [1.82, 2.24) is 15.5 Å². The molecule has 0 saturated carbocycles. The van der Waals surface area contributed by atoms with Crippen LogP contribution in [0.25, 0.3) is 0 Å². The molecule has 1 fully saturated rings. The number of hydrogen-bond donors (Lipinski definition) is 6. The second-order valence-corrected chi connectivity index (χ2v) is 8.43. The minimum atomic E-state index is -1.33. The van der Waals surface area contributed by atoms with E-state index in [-0.39, 0.29) is 32.2 Å². The lowest BCUT2D eigenvalue weighted by molar-refractivity contribution is -0.145. The number of rotatable bonds is 14. The number of carboxylic acid groups (broad SMARTS) is 3. The van der Waals surface area contributed by atoms with E-state index in [0.717, 1.165) is 0 Å². The average Bonchev–Trinajstić information content (AvgIpc) is 3.26. The van der Waals surface area contributed by atoms with Crippen molar-refractivity contribution in [2.75, 3.05) is 6.54 Å². The van der Waals surface area contributed by atoms with Gasteiger partial charge < -0.3 is 36.6 Å². The first kappa shape index (κ1) is 28.8. The Balaban J connectivity index is 2.95. The number of aliphatic carboxylic acids is 3. The fraction of sp³-hybridized carbons (Fsp3) is 0.714. The van der Waals surface area contributed by atoms with Crippen LogP contribution in [0.15, 0.2) is 0 Å². The van der Waals surface area contributed by atoms with Crippen LogP contribution in [0.1, 0.15) is 58.8 Å². The molecule has 0 spiro atoms. The summed E-state index contributed by atoms with van der Waals surface area (Å²) >= 11 is 0. The predicted molar refractivity (Wildman–Crippen MR) is 117 cm³/mol. The number of nitrogens with zero attached hydrogens (tertiary/aromatic N) is 1. The minimum Gasteiger partial charge on any atom is -0.481 e. The number of carboxylic acids is 3. The number of nitrogens with two attached hydrogens (primary N) is 1. The highest BCUT2D eigenvalue weighted by molar-refractivity contribution is 5.94. The van der Waals surface area contributed by atoms with Gasteiger partial charge in [0.25, 0.3) is 0 Å². The van der Waals surface area contributed by atoms with E-state index in [4.69, 9.17) is 15.9 Å². The minimum absolute atomic E-state index is 0.102. The van der Waals surface area contributed by atoms with Gasteiger partial charge in [0.15, 0.2) is 0 Å². The Morgan fingerprint density at radius 1 is 1.00 bits per heavy atom. The summed E-state index contributed by atoms with van der Waals surface area (Å²) in [5, 5.41) is 32.0. The van der Waals surface area contributed by atoms with Gasteiger partial charge >= 0.3 is 17.9 Å². The maximum atomic E-state index is 12.9. The lowest BCUT2D eigenvalue weighted by atomic mass is 9.98. The lowest BCUT2D eigenvalue weighted by Crippen LogP contribution is -2.57. The highest BCUT2D eigenvalue weighted by Gasteiger charge is 2.38. The molecule has 0 aromatic heterocycles. The Hall–Kier alpha value is -3.22. The molecule has 13 heteroatoms. The lowest BCUT2D eigenvalue weighted by Gasteiger charge is -2.29. The molecule has 0 aromatic rings. The molecule has 5 unspecified atom stereocenters. The highest BCUT2D eigenvalue weighted by atomic mass is 16.4. The van der Waals surface area contributed by atoms with Crippen LogP contribution in [0.4, 0.5) is 0 Å². The summed E-state index contributed by atoms with van der Waals surface area (Å²) in [6.07, 6.45) is 0.0819. The van der Waals surface area contributed by atoms with Crippen LogP contribution in [0.5, 0.6) is 0 Å². The van der Waals surface area contributed by atoms with E-state index in [1.165, 1.54) is 4.90 Å². The second-order valence-electron chi connectivity index (χ2n) is 8.43. The first-order valence-electron chi connectivity index (χ1n) is 11.2. The quantitative estimate of drug-likeness (QED) is 0.178. The summed E-state index contributed by atoms with van der Waals surface area (Å²) in [4.78, 5) is 72.9. The fourth-order valence-corrected chi connectivity index (χ4v) is 3.66. The Bertz CT molecular complexity index is 788. The van der Waals surface area contributed by atoms with Gasteiger partial charge in [-0.25, -0.2) is 4.79 Å². The van der Waals surface area contributed by atoms with E-state index in [9.17, 15) is 33.9 Å². The number of amides is 3. The van der Waals surface area contributed by atoms with Crippen LogP contribution in [0, 0.1) is 5.92 Å². The van der Waals surface area contributed by atoms with Crippen LogP contribution in [0.2, 0.25) is 0 Å². The maximum Gasteiger partial charge on any atom is 0.326 e. The Kier molecular flexibility index (Phi) is 11.4. The summed E-state index contributed by atoms with van der Waals surface area (Å²) in [6, 6.07) is -4.62. The van der Waals surface area contributed by atoms with Crippen LogP contribution in [0.3, 0.4) is 0 Å². The van der Waals surface area contributed by atoms with E-state index in [1.807, 2.05) is 0 Å². The van der Waals surface area contributed by atoms with E-state index < -0.39 is 72.1 Å². The zero-order valence-corrected chi connectivity index (χ0v) is 19.4. The summed E-state index contributed by atoms with van der Waals surface area (Å²) in [5.41, 5.74) is 5.79. The average molecular weight is 487 g/mol. The molecule has 0 aliphatic carbocycles. The molecular formula is C21H34N4O9. The molecule has 1 saturated heterocycles. The zero-order valence-electron chi connectivity index (χ0n) is 19.4. The van der Waals surface area contributed by atoms with Crippen molar-refractivity contribution in [2.24, 2.45) is 11.7 Å². The molecular weight excluding hydrogens is 452 g/mol. The van der Waals surface area contributed by atoms with Gasteiger partial charge in [-0.1, -0.05) is 20.3 Å². The molecule has 1 heterocycles. The number of carbonyl (C=O) groups is 6. The largest absolute Gasteiger partial charge is 0.481 e. The predicted octanol–water partition coefficient (Wildman–Crippen LogP) is -0.865. The number of hydrogen-bond acceptors (Lipinski definition) is 7. The third kappa shape index (κ3) is 8.61. The molecule has 5 atom stereocenters. The van der Waals surface area contributed by atoms with Gasteiger partial charge in [-0.15, -0.1) is 0 Å². The van der Waals surface area contributed by atoms with Crippen molar-refractivity contribution in [3.8, 4) is 0 Å². The standard InChI is InChI=1S/C21H34N4O9/c1-3-11(2)17(21(33)34)24-18(30)13(7-9-16(28)29)23-19(31)14-5-4-10-25(14)20(32)12(22)6-8-15(26)27/h11-14,17H,3-10,22H2,1-2H3,(H,23,31)(H,24,30)(H,26,27)(H,28,29)(H,33,34). The molecule has 1 rings (SSSR count). The number of likely N-dealkylation sites (tertiary alicyclic amines) is 1. The molecule has 7 N–H and O–H groups in total. The van der Waals surface area contributed by atoms with Crippen LogP contribution < -0.4 is 16.4 Å². The van der Waals surface area contributed by atoms with Gasteiger partial charge in [0.05, 0.1) is 6.04 Å². The van der Waals surface area contributed by atoms with Crippen LogP contribution >= 0.6 is 0 Å². The van der Waals surface area contributed by atoms with E-state index >= 15 is 0 Å². The van der Waals surface area contributed by atoms with Crippen molar-refractivity contribution in [1.29, 1.82) is 0 Å². The van der Waals surface area contributed by atoms with Crippen molar-refractivity contribution >= 4 is 35.6 Å². The first-order valence-corrected chi connectivity index (χ1v) is 11.2. The van der Waals surface area contributed by atoms with Crippen LogP contribution in [-0.4, -0.2) is 86.6 Å². The van der Waals surface area contributed by atoms with Crippen molar-refractivity contribution in [3.63, 3.8) is 0 Å². The molecule has 13 nitrogen and oxygen atoms in total. The van der Waals surface area contributed by atoms with Gasteiger partial charge in [0, 0.05) is 19.4 Å². The molecule has 3 amide bonds. The first-order chi connectivity index (χ1) is 15.9. The smallest absolute Gasteiger partial charge is 0.326 e. The second kappa shape index (κ2) is 13.5. The zero-order chi connectivity index (χ0) is 26.0. The van der Waals surface area contributed by atoms with Gasteiger partial charge in [-0.3, -0.25) is 24.0 Å². The molecule has 34 heavy (non-hydrogen) atoms. The SMILES string of the molecule is CCC(C)C(NC(=O)C(CCC(=O)O)NC(=O)C1CCCN1C(=O)C(N)CCC(=O)O)C(=O)O. The van der Waals surface area contributed by atoms with E-state index in [0.29, 0.717) is 12.8 Å². The molecule has 1 aliphatic heterocycles. The summed E-state index contributed by atoms with van der Waals surface area (Å²) in [7, 11) is 0. The Morgan fingerprint density at radius 3 is 2.12 bits per heavy atom. The molecule has 192 valence electrons. The van der Waals surface area contributed by atoms with E-state index in [1.54, 1.807) is 13.8 Å².